The smallest absolute Gasteiger partial charge is 0.266 e. The summed E-state index contributed by atoms with van der Waals surface area (Å²) in [5, 5.41) is 0.961. The van der Waals surface area contributed by atoms with Crippen LogP contribution in [0.5, 0.6) is 0 Å². The molecule has 2 heterocycles. The third-order valence-electron chi connectivity index (χ3n) is 4.30. The van der Waals surface area contributed by atoms with Gasteiger partial charge in [0.25, 0.3) is 5.91 Å². The molecule has 3 rings (SSSR count). The van der Waals surface area contributed by atoms with Gasteiger partial charge in [0.1, 0.15) is 4.88 Å². The van der Waals surface area contributed by atoms with Gasteiger partial charge in [-0.15, -0.1) is 11.3 Å². The summed E-state index contributed by atoms with van der Waals surface area (Å²) in [4.78, 5) is 15.4. The zero-order valence-corrected chi connectivity index (χ0v) is 14.7. The number of nitrogen functional groups attached to an aromatic ring is 1. The van der Waals surface area contributed by atoms with Gasteiger partial charge in [0.05, 0.1) is 5.69 Å². The number of benzene rings is 1. The highest BCUT2D eigenvalue weighted by Gasteiger charge is 2.30. The van der Waals surface area contributed by atoms with E-state index in [1.165, 1.54) is 11.3 Å². The lowest BCUT2D eigenvalue weighted by Gasteiger charge is -2.36. The molecule has 21 heavy (non-hydrogen) atoms. The van der Waals surface area contributed by atoms with Crippen LogP contribution in [0.4, 0.5) is 5.69 Å². The Morgan fingerprint density at radius 1 is 1.33 bits per heavy atom. The molecular weight excluding hydrogens is 348 g/mol. The summed E-state index contributed by atoms with van der Waals surface area (Å²) in [5.74, 6) is 0.0797. The van der Waals surface area contributed by atoms with Crippen LogP contribution in [-0.2, 0) is 0 Å². The van der Waals surface area contributed by atoms with Crippen molar-refractivity contribution in [3.05, 3.63) is 27.5 Å². The maximum atomic E-state index is 12.8. The monoisotopic (exact) mass is 366 g/mol. The molecule has 1 fully saturated rings. The van der Waals surface area contributed by atoms with Crippen molar-refractivity contribution in [1.82, 2.24) is 4.90 Å². The number of nitrogens with two attached hydrogens (primary N) is 1. The lowest BCUT2D eigenvalue weighted by molar-refractivity contribution is 0.0636. The molecule has 0 unspecified atom stereocenters. The SMILES string of the molecule is CC1(C)CCN(C(=O)c2sc3cccc(Br)c3c2N)CC1. The molecule has 1 aliphatic rings. The van der Waals surface area contributed by atoms with Crippen LogP contribution in [0.1, 0.15) is 36.4 Å². The second-order valence-corrected chi connectivity index (χ2v) is 8.32. The Kier molecular flexibility index (Phi) is 3.74. The third kappa shape index (κ3) is 2.69. The predicted molar refractivity (Wildman–Crippen MR) is 92.9 cm³/mol. The molecule has 3 nitrogen and oxygen atoms in total. The summed E-state index contributed by atoms with van der Waals surface area (Å²) in [7, 11) is 0. The third-order valence-corrected chi connectivity index (χ3v) is 6.12. The zero-order valence-electron chi connectivity index (χ0n) is 12.3. The first-order valence-corrected chi connectivity index (χ1v) is 8.76. The van der Waals surface area contributed by atoms with Crippen molar-refractivity contribution in [2.75, 3.05) is 18.8 Å². The van der Waals surface area contributed by atoms with Crippen LogP contribution in [0.2, 0.25) is 0 Å². The number of piperidine rings is 1. The predicted octanol–water partition coefficient (Wildman–Crippen LogP) is 4.51. The van der Waals surface area contributed by atoms with Crippen LogP contribution in [0, 0.1) is 5.41 Å². The van der Waals surface area contributed by atoms with E-state index in [0.29, 0.717) is 16.0 Å². The molecule has 0 radical (unpaired) electrons. The highest BCUT2D eigenvalue weighted by atomic mass is 79.9. The van der Waals surface area contributed by atoms with E-state index in [2.05, 4.69) is 29.8 Å². The average Bonchev–Trinajstić information content (AvgIpc) is 2.77. The normalized spacial score (nSPS) is 18.1. The van der Waals surface area contributed by atoms with Crippen LogP contribution in [0.15, 0.2) is 22.7 Å². The number of hydrogen-bond donors (Lipinski definition) is 1. The van der Waals surface area contributed by atoms with E-state index >= 15 is 0 Å². The maximum absolute atomic E-state index is 12.8. The summed E-state index contributed by atoms with van der Waals surface area (Å²) in [6, 6.07) is 5.94. The molecule has 1 aromatic heterocycles. The summed E-state index contributed by atoms with van der Waals surface area (Å²) >= 11 is 5.02. The molecule has 112 valence electrons. The number of carbonyl (C=O) groups is 1. The summed E-state index contributed by atoms with van der Waals surface area (Å²) in [6.07, 6.45) is 2.10. The second kappa shape index (κ2) is 5.29. The quantitative estimate of drug-likeness (QED) is 0.806. The van der Waals surface area contributed by atoms with Gasteiger partial charge < -0.3 is 10.6 Å². The molecule has 0 spiro atoms. The van der Waals surface area contributed by atoms with E-state index in [0.717, 1.165) is 40.5 Å². The number of carbonyl (C=O) groups excluding carboxylic acids is 1. The number of thiophene rings is 1. The van der Waals surface area contributed by atoms with Crippen molar-refractivity contribution < 1.29 is 4.79 Å². The first-order valence-electron chi connectivity index (χ1n) is 7.15. The van der Waals surface area contributed by atoms with Crippen molar-refractivity contribution in [3.63, 3.8) is 0 Å². The van der Waals surface area contributed by atoms with E-state index in [4.69, 9.17) is 5.73 Å². The zero-order chi connectivity index (χ0) is 15.2. The number of amides is 1. The minimum atomic E-state index is 0.0797. The Hall–Kier alpha value is -1.07. The molecule has 1 saturated heterocycles. The van der Waals surface area contributed by atoms with E-state index < -0.39 is 0 Å². The topological polar surface area (TPSA) is 46.3 Å². The fourth-order valence-electron chi connectivity index (χ4n) is 2.75. The minimum absolute atomic E-state index is 0.0797. The van der Waals surface area contributed by atoms with E-state index in [1.807, 2.05) is 23.1 Å². The number of halogens is 1. The maximum Gasteiger partial charge on any atom is 0.266 e. The highest BCUT2D eigenvalue weighted by molar-refractivity contribution is 9.10. The van der Waals surface area contributed by atoms with E-state index in [9.17, 15) is 4.79 Å². The lowest BCUT2D eigenvalue weighted by Crippen LogP contribution is -2.41. The fourth-order valence-corrected chi connectivity index (χ4v) is 4.57. The van der Waals surface area contributed by atoms with Crippen molar-refractivity contribution in [2.24, 2.45) is 5.41 Å². The van der Waals surface area contributed by atoms with Gasteiger partial charge in [-0.2, -0.15) is 0 Å². The van der Waals surface area contributed by atoms with Crippen LogP contribution in [0.25, 0.3) is 10.1 Å². The van der Waals surface area contributed by atoms with Gasteiger partial charge in [-0.05, 0) is 30.4 Å². The summed E-state index contributed by atoms with van der Waals surface area (Å²) < 4.78 is 2.01. The Morgan fingerprint density at radius 2 is 2.00 bits per heavy atom. The molecule has 5 heteroatoms. The van der Waals surface area contributed by atoms with Gasteiger partial charge in [-0.25, -0.2) is 0 Å². The number of fused-ring (bicyclic) bond motifs is 1. The van der Waals surface area contributed by atoms with E-state index in [1.54, 1.807) is 0 Å². The second-order valence-electron chi connectivity index (χ2n) is 6.41. The van der Waals surface area contributed by atoms with Crippen LogP contribution in [-0.4, -0.2) is 23.9 Å². The van der Waals surface area contributed by atoms with Crippen molar-refractivity contribution >= 4 is 48.9 Å². The van der Waals surface area contributed by atoms with Crippen LogP contribution in [0.3, 0.4) is 0 Å². The van der Waals surface area contributed by atoms with Crippen LogP contribution < -0.4 is 5.73 Å². The van der Waals surface area contributed by atoms with Gasteiger partial charge in [0, 0.05) is 27.6 Å². The molecule has 0 atom stereocenters. The highest BCUT2D eigenvalue weighted by Crippen LogP contribution is 2.39. The van der Waals surface area contributed by atoms with Gasteiger partial charge >= 0.3 is 0 Å². The fraction of sp³-hybridized carbons (Fsp3) is 0.438. The van der Waals surface area contributed by atoms with Crippen molar-refractivity contribution in [3.8, 4) is 0 Å². The number of likely N-dealkylation sites (tertiary alicyclic amines) is 1. The Labute approximate surface area is 137 Å². The van der Waals surface area contributed by atoms with Gasteiger partial charge in [0.2, 0.25) is 0 Å². The minimum Gasteiger partial charge on any atom is -0.397 e. The largest absolute Gasteiger partial charge is 0.397 e. The average molecular weight is 367 g/mol. The van der Waals surface area contributed by atoms with E-state index in [-0.39, 0.29) is 5.91 Å². The summed E-state index contributed by atoms with van der Waals surface area (Å²) in [5.41, 5.74) is 7.18. The van der Waals surface area contributed by atoms with Crippen molar-refractivity contribution in [2.45, 2.75) is 26.7 Å². The van der Waals surface area contributed by atoms with Gasteiger partial charge in [-0.3, -0.25) is 4.79 Å². The number of anilines is 1. The molecule has 2 aromatic rings. The molecule has 0 bridgehead atoms. The molecule has 2 N–H and O–H groups in total. The Balaban J connectivity index is 1.92. The van der Waals surface area contributed by atoms with Gasteiger partial charge in [-0.1, -0.05) is 35.8 Å². The molecular formula is C16H19BrN2OS. The Morgan fingerprint density at radius 3 is 2.62 bits per heavy atom. The summed E-state index contributed by atoms with van der Waals surface area (Å²) in [6.45, 7) is 6.17. The molecule has 0 aliphatic carbocycles. The number of hydrogen-bond acceptors (Lipinski definition) is 3. The standard InChI is InChI=1S/C16H19BrN2OS/c1-16(2)6-8-19(9-7-16)15(20)14-13(18)12-10(17)4-3-5-11(12)21-14/h3-5H,6-9,18H2,1-2H3. The van der Waals surface area contributed by atoms with Crippen molar-refractivity contribution in [1.29, 1.82) is 0 Å². The number of rotatable bonds is 1. The molecule has 1 aliphatic heterocycles. The molecule has 0 saturated carbocycles. The van der Waals surface area contributed by atoms with Gasteiger partial charge in [0.15, 0.2) is 0 Å². The lowest BCUT2D eigenvalue weighted by atomic mass is 9.82. The first kappa shape index (κ1) is 14.9. The first-order chi connectivity index (χ1) is 9.89. The van der Waals surface area contributed by atoms with Crippen LogP contribution >= 0.6 is 27.3 Å². The number of nitrogens with zero attached hydrogens (tertiary/aromatic N) is 1. The Bertz CT molecular complexity index is 698. The molecule has 1 aromatic carbocycles. The molecule has 1 amide bonds.